The Hall–Kier alpha value is -0.810. The van der Waals surface area contributed by atoms with E-state index in [2.05, 4.69) is 36.1 Å². The fourth-order valence-electron chi connectivity index (χ4n) is 2.68. The van der Waals surface area contributed by atoms with Gasteiger partial charge in [-0.15, -0.1) is 0 Å². The van der Waals surface area contributed by atoms with Crippen molar-refractivity contribution >= 4 is 17.4 Å². The third-order valence-corrected chi connectivity index (χ3v) is 5.49. The van der Waals surface area contributed by atoms with Gasteiger partial charge in [0.2, 0.25) is 0 Å². The number of rotatable bonds is 6. The summed E-state index contributed by atoms with van der Waals surface area (Å²) in [4.78, 5) is 11.8. The zero-order valence-electron chi connectivity index (χ0n) is 13.3. The lowest BCUT2D eigenvalue weighted by Crippen LogP contribution is -2.33. The molecule has 1 aromatic rings. The Labute approximate surface area is 132 Å². The maximum atomic E-state index is 4.84. The van der Waals surface area contributed by atoms with Gasteiger partial charge in [-0.3, -0.25) is 0 Å². The van der Waals surface area contributed by atoms with Crippen molar-refractivity contribution in [3.8, 4) is 0 Å². The first-order valence-electron chi connectivity index (χ1n) is 8.05. The van der Waals surface area contributed by atoms with Crippen LogP contribution >= 0.6 is 11.8 Å². The molecule has 1 aliphatic heterocycles. The predicted octanol–water partition coefficient (Wildman–Crippen LogP) is 2.79. The molecule has 116 valence electrons. The average molecular weight is 306 g/mol. The van der Waals surface area contributed by atoms with Crippen molar-refractivity contribution in [3.05, 3.63) is 17.7 Å². The molecule has 2 fully saturated rings. The zero-order chi connectivity index (χ0) is 14.8. The van der Waals surface area contributed by atoms with Crippen molar-refractivity contribution in [2.75, 3.05) is 23.5 Å². The number of hydrogen-bond acceptors (Lipinski definition) is 5. The van der Waals surface area contributed by atoms with Crippen molar-refractivity contribution in [1.82, 2.24) is 15.3 Å². The second kappa shape index (κ2) is 6.53. The Balaban J connectivity index is 1.81. The average Bonchev–Trinajstić information content (AvgIpc) is 3.15. The van der Waals surface area contributed by atoms with Gasteiger partial charge in [-0.05, 0) is 25.0 Å². The third-order valence-electron chi connectivity index (χ3n) is 4.35. The van der Waals surface area contributed by atoms with Gasteiger partial charge in [-0.1, -0.05) is 13.8 Å². The van der Waals surface area contributed by atoms with Crippen LogP contribution < -0.4 is 10.2 Å². The fraction of sp³-hybridized carbons (Fsp3) is 0.750. The Bertz CT molecular complexity index is 481. The second-order valence-electron chi connectivity index (χ2n) is 6.50. The molecule has 1 atom stereocenters. The van der Waals surface area contributed by atoms with Gasteiger partial charge in [0, 0.05) is 37.3 Å². The highest BCUT2D eigenvalue weighted by molar-refractivity contribution is 7.99. The summed E-state index contributed by atoms with van der Waals surface area (Å²) in [6.45, 7) is 5.18. The van der Waals surface area contributed by atoms with Crippen LogP contribution in [0.1, 0.15) is 50.5 Å². The van der Waals surface area contributed by atoms with E-state index in [1.807, 2.05) is 18.0 Å². The molecular formula is C16H26N4S. The van der Waals surface area contributed by atoms with Crippen LogP contribution in [-0.2, 0) is 6.54 Å². The minimum atomic E-state index is 0.381. The first kappa shape index (κ1) is 15.1. The quantitative estimate of drug-likeness (QED) is 0.875. The molecule has 0 spiro atoms. The zero-order valence-corrected chi connectivity index (χ0v) is 14.1. The molecule has 2 aliphatic rings. The maximum absolute atomic E-state index is 4.84. The van der Waals surface area contributed by atoms with Crippen LogP contribution in [0.5, 0.6) is 0 Å². The monoisotopic (exact) mass is 306 g/mol. The number of hydrogen-bond donors (Lipinski definition) is 1. The number of aromatic nitrogens is 2. The SMILES string of the molecule is CC(C)c1ncc(N(C)C2CCSC2)c(CNC2CC2)n1. The largest absolute Gasteiger partial charge is 0.368 e. The molecular weight excluding hydrogens is 280 g/mol. The molecule has 0 radical (unpaired) electrons. The van der Waals surface area contributed by atoms with E-state index in [1.54, 1.807) is 0 Å². The molecule has 0 amide bonds. The number of thioether (sulfide) groups is 1. The molecule has 3 rings (SSSR count). The first-order chi connectivity index (χ1) is 10.1. The summed E-state index contributed by atoms with van der Waals surface area (Å²) in [5.41, 5.74) is 2.38. The minimum absolute atomic E-state index is 0.381. The lowest BCUT2D eigenvalue weighted by molar-refractivity contribution is 0.642. The van der Waals surface area contributed by atoms with Crippen LogP contribution in [0, 0.1) is 0 Å². The van der Waals surface area contributed by atoms with Gasteiger partial charge in [0.05, 0.1) is 17.6 Å². The second-order valence-corrected chi connectivity index (χ2v) is 7.65. The van der Waals surface area contributed by atoms with E-state index in [-0.39, 0.29) is 0 Å². The molecule has 1 unspecified atom stereocenters. The van der Waals surface area contributed by atoms with E-state index >= 15 is 0 Å². The molecule has 1 saturated heterocycles. The van der Waals surface area contributed by atoms with E-state index in [4.69, 9.17) is 4.98 Å². The fourth-order valence-corrected chi connectivity index (χ4v) is 3.95. The first-order valence-corrected chi connectivity index (χ1v) is 9.20. The van der Waals surface area contributed by atoms with E-state index in [0.29, 0.717) is 18.0 Å². The molecule has 1 N–H and O–H groups in total. The predicted molar refractivity (Wildman–Crippen MR) is 90.1 cm³/mol. The third kappa shape index (κ3) is 3.69. The molecule has 0 bridgehead atoms. The standard InChI is InChI=1S/C16H26N4S/c1-11(2)16-18-9-15(20(3)13-6-7-21-10-13)14(19-16)8-17-12-4-5-12/h9,11-13,17H,4-8,10H2,1-3H3. The van der Waals surface area contributed by atoms with Gasteiger partial charge in [0.25, 0.3) is 0 Å². The van der Waals surface area contributed by atoms with Gasteiger partial charge in [0.15, 0.2) is 0 Å². The normalized spacial score (nSPS) is 22.0. The van der Waals surface area contributed by atoms with Crippen molar-refractivity contribution in [3.63, 3.8) is 0 Å². The van der Waals surface area contributed by atoms with E-state index in [1.165, 1.54) is 42.1 Å². The lowest BCUT2D eigenvalue weighted by Gasteiger charge is -2.28. The number of anilines is 1. The molecule has 5 heteroatoms. The van der Waals surface area contributed by atoms with Gasteiger partial charge >= 0.3 is 0 Å². The van der Waals surface area contributed by atoms with Crippen molar-refractivity contribution in [2.24, 2.45) is 0 Å². The Morgan fingerprint density at radius 2 is 2.19 bits per heavy atom. The molecule has 21 heavy (non-hydrogen) atoms. The Morgan fingerprint density at radius 3 is 2.81 bits per heavy atom. The van der Waals surface area contributed by atoms with E-state index < -0.39 is 0 Å². The van der Waals surface area contributed by atoms with Crippen LogP contribution in [0.3, 0.4) is 0 Å². The highest BCUT2D eigenvalue weighted by Crippen LogP contribution is 2.28. The highest BCUT2D eigenvalue weighted by Gasteiger charge is 2.25. The summed E-state index contributed by atoms with van der Waals surface area (Å²) in [6, 6.07) is 1.34. The summed E-state index contributed by atoms with van der Waals surface area (Å²) in [5, 5.41) is 3.60. The van der Waals surface area contributed by atoms with Crippen LogP contribution in [0.2, 0.25) is 0 Å². The highest BCUT2D eigenvalue weighted by atomic mass is 32.2. The molecule has 0 aromatic carbocycles. The smallest absolute Gasteiger partial charge is 0.131 e. The molecule has 4 nitrogen and oxygen atoms in total. The van der Waals surface area contributed by atoms with E-state index in [0.717, 1.165) is 12.4 Å². The molecule has 1 aromatic heterocycles. The number of nitrogens with zero attached hydrogens (tertiary/aromatic N) is 3. The maximum Gasteiger partial charge on any atom is 0.131 e. The van der Waals surface area contributed by atoms with Crippen LogP contribution in [0.4, 0.5) is 5.69 Å². The van der Waals surface area contributed by atoms with E-state index in [9.17, 15) is 0 Å². The van der Waals surface area contributed by atoms with Gasteiger partial charge in [-0.25, -0.2) is 9.97 Å². The lowest BCUT2D eigenvalue weighted by atomic mass is 10.1. The van der Waals surface area contributed by atoms with Crippen LogP contribution in [0.15, 0.2) is 6.20 Å². The Morgan fingerprint density at radius 1 is 1.38 bits per heavy atom. The van der Waals surface area contributed by atoms with Crippen LogP contribution in [0.25, 0.3) is 0 Å². The van der Waals surface area contributed by atoms with Crippen molar-refractivity contribution in [1.29, 1.82) is 0 Å². The summed E-state index contributed by atoms with van der Waals surface area (Å²) >= 11 is 2.05. The molecule has 1 saturated carbocycles. The summed E-state index contributed by atoms with van der Waals surface area (Å²) < 4.78 is 0. The van der Waals surface area contributed by atoms with Gasteiger partial charge in [-0.2, -0.15) is 11.8 Å². The summed E-state index contributed by atoms with van der Waals surface area (Å²) in [7, 11) is 2.20. The number of nitrogens with one attached hydrogen (secondary N) is 1. The van der Waals surface area contributed by atoms with Crippen molar-refractivity contribution in [2.45, 2.75) is 57.7 Å². The van der Waals surface area contributed by atoms with Gasteiger partial charge < -0.3 is 10.2 Å². The van der Waals surface area contributed by atoms with Crippen molar-refractivity contribution < 1.29 is 0 Å². The van der Waals surface area contributed by atoms with Gasteiger partial charge in [0.1, 0.15) is 5.82 Å². The minimum Gasteiger partial charge on any atom is -0.368 e. The van der Waals surface area contributed by atoms with Crippen LogP contribution in [-0.4, -0.2) is 40.6 Å². The molecule has 2 heterocycles. The summed E-state index contributed by atoms with van der Waals surface area (Å²) in [6.07, 6.45) is 5.93. The summed E-state index contributed by atoms with van der Waals surface area (Å²) in [5.74, 6) is 3.83. The topological polar surface area (TPSA) is 41.1 Å². The molecule has 1 aliphatic carbocycles. The Kier molecular flexibility index (Phi) is 4.69.